The summed E-state index contributed by atoms with van der Waals surface area (Å²) in [5.74, 6) is 0. The van der Waals surface area contributed by atoms with Gasteiger partial charge in [-0.2, -0.15) is 0 Å². The molecule has 0 saturated heterocycles. The van der Waals surface area contributed by atoms with Crippen LogP contribution in [0.15, 0.2) is 485 Å². The Morgan fingerprint density at radius 1 is 0.125 bits per heavy atom. The van der Waals surface area contributed by atoms with Gasteiger partial charge in [0.15, 0.2) is 0 Å². The summed E-state index contributed by atoms with van der Waals surface area (Å²) in [5.41, 5.74) is 42.8. The number of aryl methyl sites for hydroxylation is 8. The summed E-state index contributed by atoms with van der Waals surface area (Å²) in [6.07, 6.45) is 0. The quantitative estimate of drug-likeness (QED) is 0.0754. The van der Waals surface area contributed by atoms with Gasteiger partial charge in [0.2, 0.25) is 0 Å². The third-order valence-electron chi connectivity index (χ3n) is 26.8. The molecule has 0 atom stereocenters. The molecule has 0 spiro atoms. The summed E-state index contributed by atoms with van der Waals surface area (Å²) >= 11 is 0. The molecule has 0 unspecified atom stereocenters. The molecule has 0 fully saturated rings. The molecule has 22 aromatic rings. The van der Waals surface area contributed by atoms with Crippen LogP contribution < -0.4 is 19.6 Å². The standard InChI is InChI=1S/C72H56N2.C60H48N2/c1-49-21-35-63(36-22-49)73(65-39-29-55(30-40-65)53-13-7-5-8-14-53)67-19-11-17-57(47-67)59-33-43-69-61(45-59)27-25-51(3)71(69)72-52(4)26-28-62-46-60(34-44-70(62)72)58-18-12-20-68(48-58)74(64-37-23-50(2)24-38-64)66-41-31-56(32-42-66)54-15-9-6-10-16-54;1-41-19-27-47(28-20-41)61(48-29-21-42(2)22-30-48)51-13-9-11-45(39-51)53-35-37-59(57-17-7-5-15-55(53)57)60-38-36-54(56-16-6-8-18-58(56)60)46-12-10-14-52(40-46)62(49-31-23-43(3)24-32-49)50-33-25-44(4)26-34-50/h5-48H,1-4H3;5-40H,1-4H3. The molecule has 652 valence electrons. The average molecular weight is 1750 g/mol. The number of nitrogens with zero attached hydrogens (tertiary/aromatic N) is 4. The van der Waals surface area contributed by atoms with Crippen molar-refractivity contribution < 1.29 is 0 Å². The highest BCUT2D eigenvalue weighted by Crippen LogP contribution is 2.49. The van der Waals surface area contributed by atoms with Crippen LogP contribution >= 0.6 is 0 Å². The van der Waals surface area contributed by atoms with Crippen LogP contribution in [0.4, 0.5) is 68.2 Å². The fraction of sp³-hybridized carbons (Fsp3) is 0.0606. The third kappa shape index (κ3) is 17.6. The predicted octanol–water partition coefficient (Wildman–Crippen LogP) is 37.7. The SMILES string of the molecule is Cc1ccc(N(c2ccc(-c3ccccc3)cc2)c2cccc(-c3ccc4c(-c5c(C)ccc6cc(-c7cccc(N(c8ccc(C)cc8)c8ccc(-c9ccccc9)cc8)c7)ccc56)c(C)ccc4c3)c2)cc1.Cc1ccc(N(c2ccc(C)cc2)c2cccc(-c3ccc(-c4ccc(-c5cccc(N(c6ccc(C)cc6)c6ccc(C)cc6)c5)c5ccccc45)c4ccccc34)c2)cc1. The lowest BCUT2D eigenvalue weighted by Crippen LogP contribution is -2.10. The molecule has 0 aliphatic carbocycles. The summed E-state index contributed by atoms with van der Waals surface area (Å²) in [6.45, 7) is 17.3. The second-order valence-electron chi connectivity index (χ2n) is 36.2. The van der Waals surface area contributed by atoms with Crippen molar-refractivity contribution >= 4 is 111 Å². The molecule has 0 aliphatic heterocycles. The Kier molecular flexibility index (Phi) is 23.8. The van der Waals surface area contributed by atoms with Gasteiger partial charge in [-0.1, -0.05) is 361 Å². The van der Waals surface area contributed by atoms with Crippen LogP contribution in [0.1, 0.15) is 44.5 Å². The maximum atomic E-state index is 2.37. The van der Waals surface area contributed by atoms with Gasteiger partial charge in [-0.25, -0.2) is 0 Å². The zero-order valence-electron chi connectivity index (χ0n) is 78.0. The van der Waals surface area contributed by atoms with E-state index in [2.05, 4.69) is 560 Å². The molecule has 0 amide bonds. The Morgan fingerprint density at radius 3 is 0.625 bits per heavy atom. The normalized spacial score (nSPS) is 11.2. The first-order valence-electron chi connectivity index (χ1n) is 47.1. The van der Waals surface area contributed by atoms with Crippen LogP contribution in [0, 0.1) is 55.4 Å². The summed E-state index contributed by atoms with van der Waals surface area (Å²) in [4.78, 5) is 9.42. The molecule has 0 saturated carbocycles. The van der Waals surface area contributed by atoms with Crippen molar-refractivity contribution in [2.24, 2.45) is 0 Å². The maximum absolute atomic E-state index is 2.37. The van der Waals surface area contributed by atoms with E-state index in [1.54, 1.807) is 0 Å². The number of hydrogen-bond acceptors (Lipinski definition) is 4. The Morgan fingerprint density at radius 2 is 0.338 bits per heavy atom. The summed E-state index contributed by atoms with van der Waals surface area (Å²) in [7, 11) is 0. The van der Waals surface area contributed by atoms with E-state index < -0.39 is 0 Å². The Balaban J connectivity index is 0.000000165. The van der Waals surface area contributed by atoms with Gasteiger partial charge in [-0.15, -0.1) is 0 Å². The minimum absolute atomic E-state index is 1.11. The first-order chi connectivity index (χ1) is 66.7. The molecule has 0 N–H and O–H groups in total. The number of benzene rings is 22. The van der Waals surface area contributed by atoms with Gasteiger partial charge in [0.25, 0.3) is 0 Å². The molecule has 136 heavy (non-hydrogen) atoms. The lowest BCUT2D eigenvalue weighted by Gasteiger charge is -2.26. The molecular weight excluding hydrogens is 1640 g/mol. The largest absolute Gasteiger partial charge is 0.310 e. The van der Waals surface area contributed by atoms with E-state index in [-0.39, 0.29) is 0 Å². The number of rotatable bonds is 20. The first-order valence-corrected chi connectivity index (χ1v) is 47.1. The van der Waals surface area contributed by atoms with Gasteiger partial charge in [-0.05, 0) is 356 Å². The molecule has 0 aliphatic rings. The monoisotopic (exact) mass is 1740 g/mol. The summed E-state index contributed by atoms with van der Waals surface area (Å²) < 4.78 is 0. The number of fused-ring (bicyclic) bond motifs is 4. The third-order valence-corrected chi connectivity index (χ3v) is 26.8. The van der Waals surface area contributed by atoms with Gasteiger partial charge in [-0.3, -0.25) is 0 Å². The number of anilines is 12. The molecule has 0 heterocycles. The average Bonchev–Trinajstić information content (AvgIpc) is 0.746. The predicted molar refractivity (Wildman–Crippen MR) is 583 cm³/mol. The van der Waals surface area contributed by atoms with Crippen molar-refractivity contribution in [1.29, 1.82) is 0 Å². The maximum Gasteiger partial charge on any atom is 0.0467 e. The molecule has 0 radical (unpaired) electrons. The fourth-order valence-corrected chi connectivity index (χ4v) is 19.6. The van der Waals surface area contributed by atoms with Crippen LogP contribution in [-0.2, 0) is 0 Å². The molecule has 0 aromatic heterocycles. The van der Waals surface area contributed by atoms with Gasteiger partial charge in [0.05, 0.1) is 0 Å². The first kappa shape index (κ1) is 85.8. The zero-order valence-corrected chi connectivity index (χ0v) is 78.0. The molecule has 22 rings (SSSR count). The van der Waals surface area contributed by atoms with Crippen molar-refractivity contribution in [2.75, 3.05) is 19.6 Å². The van der Waals surface area contributed by atoms with Crippen molar-refractivity contribution in [1.82, 2.24) is 0 Å². The molecule has 4 nitrogen and oxygen atoms in total. The van der Waals surface area contributed by atoms with Crippen molar-refractivity contribution in [3.8, 4) is 89.0 Å². The highest BCUT2D eigenvalue weighted by Gasteiger charge is 2.24. The van der Waals surface area contributed by atoms with E-state index >= 15 is 0 Å². The van der Waals surface area contributed by atoms with Crippen molar-refractivity contribution in [3.05, 3.63) is 530 Å². The second-order valence-corrected chi connectivity index (χ2v) is 36.2. The number of hydrogen-bond donors (Lipinski definition) is 0. The van der Waals surface area contributed by atoms with Crippen molar-refractivity contribution in [2.45, 2.75) is 55.4 Å². The zero-order chi connectivity index (χ0) is 92.3. The van der Waals surface area contributed by atoms with Gasteiger partial charge < -0.3 is 19.6 Å². The Bertz CT molecular complexity index is 7530. The van der Waals surface area contributed by atoms with E-state index in [9.17, 15) is 0 Å². The topological polar surface area (TPSA) is 13.0 Å². The van der Waals surface area contributed by atoms with Crippen LogP contribution in [0.5, 0.6) is 0 Å². The van der Waals surface area contributed by atoms with E-state index in [0.717, 1.165) is 68.2 Å². The minimum atomic E-state index is 1.11. The van der Waals surface area contributed by atoms with Crippen LogP contribution in [0.25, 0.3) is 132 Å². The second kappa shape index (κ2) is 37.7. The highest BCUT2D eigenvalue weighted by molar-refractivity contribution is 6.14. The fourth-order valence-electron chi connectivity index (χ4n) is 19.6. The Hall–Kier alpha value is -16.9. The Labute approximate surface area is 799 Å². The lowest BCUT2D eigenvalue weighted by atomic mass is 9.86. The van der Waals surface area contributed by atoms with Crippen LogP contribution in [0.2, 0.25) is 0 Å². The van der Waals surface area contributed by atoms with E-state index in [0.29, 0.717) is 0 Å². The smallest absolute Gasteiger partial charge is 0.0467 e. The van der Waals surface area contributed by atoms with Crippen molar-refractivity contribution in [3.63, 3.8) is 0 Å². The molecule has 4 heteroatoms. The molecule has 22 aromatic carbocycles. The van der Waals surface area contributed by atoms with E-state index in [1.807, 2.05) is 0 Å². The highest BCUT2D eigenvalue weighted by atomic mass is 15.2. The summed E-state index contributed by atoms with van der Waals surface area (Å²) in [6, 6.07) is 178. The molecular formula is C132H104N4. The van der Waals surface area contributed by atoms with Gasteiger partial charge in [0.1, 0.15) is 0 Å². The lowest BCUT2D eigenvalue weighted by molar-refractivity contribution is 1.27. The van der Waals surface area contributed by atoms with Gasteiger partial charge >= 0.3 is 0 Å². The van der Waals surface area contributed by atoms with E-state index in [1.165, 1.54) is 177 Å². The summed E-state index contributed by atoms with van der Waals surface area (Å²) in [5, 5.41) is 9.87. The van der Waals surface area contributed by atoms with E-state index in [4.69, 9.17) is 0 Å². The minimum Gasteiger partial charge on any atom is -0.310 e. The molecule has 0 bridgehead atoms. The van der Waals surface area contributed by atoms with Crippen LogP contribution in [-0.4, -0.2) is 0 Å². The van der Waals surface area contributed by atoms with Crippen LogP contribution in [0.3, 0.4) is 0 Å². The van der Waals surface area contributed by atoms with Gasteiger partial charge in [0, 0.05) is 68.2 Å².